The van der Waals surface area contributed by atoms with Crippen LogP contribution in [0.2, 0.25) is 0 Å². The lowest BCUT2D eigenvalue weighted by atomic mass is 10.1. The third-order valence-electron chi connectivity index (χ3n) is 2.70. The highest BCUT2D eigenvalue weighted by molar-refractivity contribution is 6.01. The van der Waals surface area contributed by atoms with Crippen LogP contribution in [0.25, 0.3) is 0 Å². The molecule has 0 unspecified atom stereocenters. The topological polar surface area (TPSA) is 98.7 Å². The molecule has 22 heavy (non-hydrogen) atoms. The van der Waals surface area contributed by atoms with Crippen molar-refractivity contribution >= 4 is 11.8 Å². The van der Waals surface area contributed by atoms with E-state index in [2.05, 4.69) is 0 Å². The van der Waals surface area contributed by atoms with Crippen molar-refractivity contribution in [2.75, 3.05) is 0 Å². The molecule has 0 saturated heterocycles. The molecule has 0 fully saturated rings. The predicted octanol–water partition coefficient (Wildman–Crippen LogP) is 1.45. The first-order valence-electron chi connectivity index (χ1n) is 5.97. The van der Waals surface area contributed by atoms with Crippen LogP contribution in [-0.4, -0.2) is 22.0 Å². The molecule has 0 radical (unpaired) electrons. The van der Waals surface area contributed by atoms with Crippen molar-refractivity contribution in [2.45, 2.75) is 0 Å². The fraction of sp³-hybridized carbons (Fsp3) is 0. The fourth-order valence-corrected chi connectivity index (χ4v) is 1.69. The maximum absolute atomic E-state index is 13.5. The van der Waals surface area contributed by atoms with Gasteiger partial charge in [-0.3, -0.25) is 20.4 Å². The summed E-state index contributed by atoms with van der Waals surface area (Å²) in [5.41, 5.74) is 2.85. The minimum Gasteiger partial charge on any atom is -0.507 e. The Morgan fingerprint density at radius 3 is 2.18 bits per heavy atom. The van der Waals surface area contributed by atoms with E-state index in [4.69, 9.17) is 0 Å². The van der Waals surface area contributed by atoms with Crippen LogP contribution >= 0.6 is 0 Å². The summed E-state index contributed by atoms with van der Waals surface area (Å²) >= 11 is 0. The second-order valence-electron chi connectivity index (χ2n) is 4.21. The number of rotatable bonds is 2. The molecule has 2 rings (SSSR count). The van der Waals surface area contributed by atoms with Crippen LogP contribution in [-0.2, 0) is 0 Å². The standard InChI is InChI=1S/C14H10F2N2O4/c15-7-5-9(16)12(11(20)6-7)14(22)18-17-13(21)8-3-1-2-4-10(8)19/h1-6,19-20H,(H,17,21)(H,18,22). The summed E-state index contributed by atoms with van der Waals surface area (Å²) in [6.07, 6.45) is 0. The Kier molecular flexibility index (Phi) is 4.21. The van der Waals surface area contributed by atoms with Gasteiger partial charge in [0.05, 0.1) is 5.56 Å². The first-order valence-corrected chi connectivity index (χ1v) is 5.97. The molecule has 2 aromatic carbocycles. The molecular weight excluding hydrogens is 298 g/mol. The molecule has 0 aromatic heterocycles. The van der Waals surface area contributed by atoms with E-state index in [1.165, 1.54) is 24.3 Å². The minimum absolute atomic E-state index is 0.119. The number of phenols is 2. The number of hydrogen-bond donors (Lipinski definition) is 4. The van der Waals surface area contributed by atoms with Gasteiger partial charge in [-0.1, -0.05) is 12.1 Å². The summed E-state index contributed by atoms with van der Waals surface area (Å²) < 4.78 is 26.3. The Morgan fingerprint density at radius 2 is 1.55 bits per heavy atom. The van der Waals surface area contributed by atoms with Gasteiger partial charge in [0.15, 0.2) is 0 Å². The van der Waals surface area contributed by atoms with Crippen molar-refractivity contribution in [1.29, 1.82) is 0 Å². The molecule has 2 amide bonds. The molecule has 0 aliphatic carbocycles. The molecule has 6 nitrogen and oxygen atoms in total. The zero-order valence-corrected chi connectivity index (χ0v) is 10.9. The minimum atomic E-state index is -1.29. The third kappa shape index (κ3) is 3.11. The number of carbonyl (C=O) groups excluding carboxylic acids is 2. The van der Waals surface area contributed by atoms with E-state index in [1.54, 1.807) is 0 Å². The lowest BCUT2D eigenvalue weighted by molar-refractivity contribution is 0.0840. The number of nitrogens with one attached hydrogen (secondary N) is 2. The monoisotopic (exact) mass is 308 g/mol. The number of benzene rings is 2. The van der Waals surface area contributed by atoms with E-state index >= 15 is 0 Å². The van der Waals surface area contributed by atoms with Crippen molar-refractivity contribution in [2.24, 2.45) is 0 Å². The van der Waals surface area contributed by atoms with E-state index in [0.717, 1.165) is 0 Å². The van der Waals surface area contributed by atoms with Gasteiger partial charge in [-0.05, 0) is 12.1 Å². The van der Waals surface area contributed by atoms with Crippen molar-refractivity contribution in [3.63, 3.8) is 0 Å². The Bertz CT molecular complexity index is 726. The molecule has 2 aromatic rings. The molecule has 0 saturated carbocycles. The van der Waals surface area contributed by atoms with E-state index in [-0.39, 0.29) is 11.3 Å². The Labute approximate surface area is 123 Å². The van der Waals surface area contributed by atoms with Gasteiger partial charge >= 0.3 is 0 Å². The maximum Gasteiger partial charge on any atom is 0.276 e. The third-order valence-corrected chi connectivity index (χ3v) is 2.70. The van der Waals surface area contributed by atoms with Gasteiger partial charge in [0.25, 0.3) is 11.8 Å². The molecule has 4 N–H and O–H groups in total. The molecule has 8 heteroatoms. The average molecular weight is 308 g/mol. The SMILES string of the molecule is O=C(NNC(=O)c1c(O)cc(F)cc1F)c1ccccc1O. The van der Waals surface area contributed by atoms with Gasteiger partial charge < -0.3 is 10.2 Å². The summed E-state index contributed by atoms with van der Waals surface area (Å²) in [4.78, 5) is 23.4. The maximum atomic E-state index is 13.5. The first kappa shape index (κ1) is 15.2. The predicted molar refractivity (Wildman–Crippen MR) is 71.1 cm³/mol. The van der Waals surface area contributed by atoms with Gasteiger partial charge in [0, 0.05) is 12.1 Å². The quantitative estimate of drug-likeness (QED) is 0.631. The fourth-order valence-electron chi connectivity index (χ4n) is 1.69. The Balaban J connectivity index is 2.11. The number of amides is 2. The summed E-state index contributed by atoms with van der Waals surface area (Å²) in [6.45, 7) is 0. The number of phenolic OH excluding ortho intramolecular Hbond substituents is 2. The first-order chi connectivity index (χ1) is 10.4. The number of hydrazine groups is 1. The summed E-state index contributed by atoms with van der Waals surface area (Å²) in [5.74, 6) is -5.60. The van der Waals surface area contributed by atoms with Crippen LogP contribution in [0, 0.1) is 11.6 Å². The van der Waals surface area contributed by atoms with Gasteiger partial charge in [-0.15, -0.1) is 0 Å². The van der Waals surface area contributed by atoms with Crippen molar-refractivity contribution in [3.8, 4) is 11.5 Å². The number of aromatic hydroxyl groups is 2. The molecule has 0 spiro atoms. The lowest BCUT2D eigenvalue weighted by Gasteiger charge is -2.10. The molecule has 0 atom stereocenters. The van der Waals surface area contributed by atoms with E-state index in [0.29, 0.717) is 12.1 Å². The largest absolute Gasteiger partial charge is 0.507 e. The average Bonchev–Trinajstić information content (AvgIpc) is 2.44. The highest BCUT2D eigenvalue weighted by atomic mass is 19.1. The van der Waals surface area contributed by atoms with Crippen LogP contribution in [0.4, 0.5) is 8.78 Å². The molecule has 0 bridgehead atoms. The highest BCUT2D eigenvalue weighted by Crippen LogP contribution is 2.21. The highest BCUT2D eigenvalue weighted by Gasteiger charge is 2.19. The zero-order valence-electron chi connectivity index (χ0n) is 10.9. The molecular formula is C14H10F2N2O4. The smallest absolute Gasteiger partial charge is 0.276 e. The number of hydrogen-bond acceptors (Lipinski definition) is 4. The Hall–Kier alpha value is -3.16. The van der Waals surface area contributed by atoms with Gasteiger partial charge in [-0.25, -0.2) is 8.78 Å². The van der Waals surface area contributed by atoms with Crippen LogP contribution in [0.5, 0.6) is 11.5 Å². The second-order valence-corrected chi connectivity index (χ2v) is 4.21. The van der Waals surface area contributed by atoms with Gasteiger partial charge in [0.2, 0.25) is 0 Å². The van der Waals surface area contributed by atoms with Crippen LogP contribution < -0.4 is 10.9 Å². The van der Waals surface area contributed by atoms with Crippen molar-refractivity contribution in [1.82, 2.24) is 10.9 Å². The number of carbonyl (C=O) groups is 2. The van der Waals surface area contributed by atoms with Gasteiger partial charge in [-0.2, -0.15) is 0 Å². The lowest BCUT2D eigenvalue weighted by Crippen LogP contribution is -2.42. The zero-order chi connectivity index (χ0) is 16.3. The van der Waals surface area contributed by atoms with Crippen LogP contribution in [0.3, 0.4) is 0 Å². The summed E-state index contributed by atoms with van der Waals surface area (Å²) in [6, 6.07) is 6.52. The molecule has 0 heterocycles. The van der Waals surface area contributed by atoms with E-state index < -0.39 is 34.8 Å². The summed E-state index contributed by atoms with van der Waals surface area (Å²) in [5, 5.41) is 18.8. The van der Waals surface area contributed by atoms with E-state index in [9.17, 15) is 28.6 Å². The molecule has 114 valence electrons. The second kappa shape index (κ2) is 6.08. The number of para-hydroxylation sites is 1. The number of halogens is 2. The normalized spacial score (nSPS) is 10.1. The van der Waals surface area contributed by atoms with Crippen LogP contribution in [0.15, 0.2) is 36.4 Å². The van der Waals surface area contributed by atoms with E-state index in [1.807, 2.05) is 10.9 Å². The van der Waals surface area contributed by atoms with Crippen molar-refractivity contribution in [3.05, 3.63) is 59.2 Å². The van der Waals surface area contributed by atoms with Crippen LogP contribution in [0.1, 0.15) is 20.7 Å². The summed E-state index contributed by atoms with van der Waals surface area (Å²) in [7, 11) is 0. The molecule has 0 aliphatic heterocycles. The van der Waals surface area contributed by atoms with Crippen molar-refractivity contribution < 1.29 is 28.6 Å². The molecule has 0 aliphatic rings. The Morgan fingerprint density at radius 1 is 0.909 bits per heavy atom. The van der Waals surface area contributed by atoms with Gasteiger partial charge in [0.1, 0.15) is 28.7 Å².